The van der Waals surface area contributed by atoms with Gasteiger partial charge in [0.25, 0.3) is 0 Å². The third-order valence-corrected chi connectivity index (χ3v) is 4.35. The Bertz CT molecular complexity index is 586. The van der Waals surface area contributed by atoms with E-state index in [1.807, 2.05) is 30.3 Å². The van der Waals surface area contributed by atoms with Crippen molar-refractivity contribution in [3.05, 3.63) is 47.0 Å². The molecule has 3 heteroatoms. The zero-order valence-corrected chi connectivity index (χ0v) is 13.6. The third-order valence-electron chi connectivity index (χ3n) is 4.35. The molecule has 118 valence electrons. The van der Waals surface area contributed by atoms with E-state index in [4.69, 9.17) is 4.74 Å². The Balaban J connectivity index is 2.01. The van der Waals surface area contributed by atoms with E-state index < -0.39 is 5.41 Å². The summed E-state index contributed by atoms with van der Waals surface area (Å²) in [4.78, 5) is 25.1. The Kier molecular flexibility index (Phi) is 5.30. The number of allylic oxidation sites excluding steroid dienone is 2. The summed E-state index contributed by atoms with van der Waals surface area (Å²) in [5.74, 6) is -0.117. The van der Waals surface area contributed by atoms with Crippen molar-refractivity contribution in [2.75, 3.05) is 6.61 Å². The van der Waals surface area contributed by atoms with Crippen LogP contribution in [0.5, 0.6) is 0 Å². The lowest BCUT2D eigenvalue weighted by molar-refractivity contribution is -0.137. The van der Waals surface area contributed by atoms with Crippen LogP contribution in [-0.4, -0.2) is 18.2 Å². The van der Waals surface area contributed by atoms with Gasteiger partial charge < -0.3 is 4.74 Å². The van der Waals surface area contributed by atoms with E-state index in [-0.39, 0.29) is 18.2 Å². The SMILES string of the molecule is CCCCC1=C(C)C(=O)[C@](C)(COCc2ccccc2)C1=O. The van der Waals surface area contributed by atoms with Crippen LogP contribution < -0.4 is 0 Å². The summed E-state index contributed by atoms with van der Waals surface area (Å²) in [6, 6.07) is 9.78. The number of rotatable bonds is 7. The van der Waals surface area contributed by atoms with E-state index in [2.05, 4.69) is 6.92 Å². The maximum absolute atomic E-state index is 12.6. The second-order valence-electron chi connectivity index (χ2n) is 6.18. The summed E-state index contributed by atoms with van der Waals surface area (Å²) in [5, 5.41) is 0. The van der Waals surface area contributed by atoms with E-state index in [9.17, 15) is 9.59 Å². The molecule has 0 fully saturated rings. The maximum Gasteiger partial charge on any atom is 0.175 e. The summed E-state index contributed by atoms with van der Waals surface area (Å²) in [7, 11) is 0. The molecule has 1 atom stereocenters. The highest BCUT2D eigenvalue weighted by molar-refractivity contribution is 6.27. The lowest BCUT2D eigenvalue weighted by Gasteiger charge is -2.21. The summed E-state index contributed by atoms with van der Waals surface area (Å²) < 4.78 is 5.68. The zero-order chi connectivity index (χ0) is 16.2. The molecule has 0 N–H and O–H groups in total. The van der Waals surface area contributed by atoms with Crippen molar-refractivity contribution < 1.29 is 14.3 Å². The molecule has 2 rings (SSSR count). The molecule has 0 spiro atoms. The molecule has 1 aliphatic rings. The van der Waals surface area contributed by atoms with Crippen LogP contribution in [0, 0.1) is 5.41 Å². The van der Waals surface area contributed by atoms with Gasteiger partial charge in [-0.3, -0.25) is 9.59 Å². The molecule has 0 saturated heterocycles. The molecule has 0 heterocycles. The van der Waals surface area contributed by atoms with Crippen molar-refractivity contribution in [3.8, 4) is 0 Å². The molecule has 3 nitrogen and oxygen atoms in total. The lowest BCUT2D eigenvalue weighted by Crippen LogP contribution is -2.36. The van der Waals surface area contributed by atoms with Gasteiger partial charge in [0.2, 0.25) is 0 Å². The normalized spacial score (nSPS) is 21.8. The second kappa shape index (κ2) is 7.01. The van der Waals surface area contributed by atoms with Gasteiger partial charge in [0.15, 0.2) is 11.6 Å². The average Bonchev–Trinajstić information content (AvgIpc) is 2.69. The van der Waals surface area contributed by atoms with E-state index >= 15 is 0 Å². The Morgan fingerprint density at radius 1 is 1.09 bits per heavy atom. The molecule has 0 saturated carbocycles. The largest absolute Gasteiger partial charge is 0.375 e. The summed E-state index contributed by atoms with van der Waals surface area (Å²) in [6.07, 6.45) is 2.65. The van der Waals surface area contributed by atoms with Gasteiger partial charge in [0, 0.05) is 5.57 Å². The molecule has 0 amide bonds. The van der Waals surface area contributed by atoms with Crippen molar-refractivity contribution in [1.82, 2.24) is 0 Å². The van der Waals surface area contributed by atoms with Crippen molar-refractivity contribution in [1.29, 1.82) is 0 Å². The molecule has 0 bridgehead atoms. The van der Waals surface area contributed by atoms with Gasteiger partial charge in [-0.15, -0.1) is 0 Å². The molecule has 0 unspecified atom stereocenters. The Hall–Kier alpha value is -1.74. The number of ketones is 2. The molecule has 1 aromatic carbocycles. The quantitative estimate of drug-likeness (QED) is 0.718. The monoisotopic (exact) mass is 300 g/mol. The second-order valence-corrected chi connectivity index (χ2v) is 6.18. The predicted octanol–water partition coefficient (Wildman–Crippen LogP) is 3.87. The van der Waals surface area contributed by atoms with Crippen LogP contribution in [-0.2, 0) is 20.9 Å². The maximum atomic E-state index is 12.6. The molecule has 1 aromatic rings. The number of Topliss-reactive ketones (excluding diaryl/α,β-unsaturated/α-hetero) is 2. The van der Waals surface area contributed by atoms with Gasteiger partial charge in [-0.25, -0.2) is 0 Å². The number of carbonyl (C=O) groups is 2. The number of unbranched alkanes of at least 4 members (excludes halogenated alkanes) is 1. The highest BCUT2D eigenvalue weighted by Gasteiger charge is 2.49. The lowest BCUT2D eigenvalue weighted by atomic mass is 9.84. The molecular formula is C19H24O3. The first-order chi connectivity index (χ1) is 10.5. The van der Waals surface area contributed by atoms with Crippen LogP contribution in [0.1, 0.15) is 45.6 Å². The van der Waals surface area contributed by atoms with Gasteiger partial charge in [-0.05, 0) is 37.8 Å². The van der Waals surface area contributed by atoms with Crippen LogP contribution in [0.3, 0.4) is 0 Å². The molecule has 1 aliphatic carbocycles. The van der Waals surface area contributed by atoms with Crippen LogP contribution in [0.2, 0.25) is 0 Å². The first kappa shape index (κ1) is 16.6. The number of ether oxygens (including phenoxy) is 1. The number of benzene rings is 1. The first-order valence-electron chi connectivity index (χ1n) is 7.91. The first-order valence-corrected chi connectivity index (χ1v) is 7.91. The van der Waals surface area contributed by atoms with Gasteiger partial charge in [-0.1, -0.05) is 43.7 Å². The summed E-state index contributed by atoms with van der Waals surface area (Å²) in [5.41, 5.74) is 1.34. The van der Waals surface area contributed by atoms with E-state index in [0.29, 0.717) is 24.2 Å². The van der Waals surface area contributed by atoms with E-state index in [1.54, 1.807) is 13.8 Å². The van der Waals surface area contributed by atoms with Gasteiger partial charge in [0.1, 0.15) is 5.41 Å². The molecule has 0 aromatic heterocycles. The number of hydrogen-bond acceptors (Lipinski definition) is 3. The van der Waals surface area contributed by atoms with Crippen molar-refractivity contribution in [2.45, 2.75) is 46.6 Å². The van der Waals surface area contributed by atoms with Gasteiger partial charge in [0.05, 0.1) is 13.2 Å². The molecule has 0 aliphatic heterocycles. The average molecular weight is 300 g/mol. The van der Waals surface area contributed by atoms with Crippen LogP contribution in [0.25, 0.3) is 0 Å². The Labute approximate surface area is 132 Å². The highest BCUT2D eigenvalue weighted by atomic mass is 16.5. The predicted molar refractivity (Wildman–Crippen MR) is 86.4 cm³/mol. The topological polar surface area (TPSA) is 43.4 Å². The van der Waals surface area contributed by atoms with E-state index in [1.165, 1.54) is 0 Å². The minimum Gasteiger partial charge on any atom is -0.375 e. The van der Waals surface area contributed by atoms with Crippen LogP contribution in [0.4, 0.5) is 0 Å². The van der Waals surface area contributed by atoms with E-state index in [0.717, 1.165) is 18.4 Å². The fraction of sp³-hybridized carbons (Fsp3) is 0.474. The minimum atomic E-state index is -1.04. The number of hydrogen-bond donors (Lipinski definition) is 0. The van der Waals surface area contributed by atoms with Gasteiger partial charge in [-0.2, -0.15) is 0 Å². The fourth-order valence-electron chi connectivity index (χ4n) is 2.89. The van der Waals surface area contributed by atoms with Gasteiger partial charge >= 0.3 is 0 Å². The van der Waals surface area contributed by atoms with Crippen molar-refractivity contribution in [2.24, 2.45) is 5.41 Å². The molecule has 22 heavy (non-hydrogen) atoms. The van der Waals surface area contributed by atoms with Crippen LogP contribution >= 0.6 is 0 Å². The fourth-order valence-corrected chi connectivity index (χ4v) is 2.89. The van der Waals surface area contributed by atoms with Crippen LogP contribution in [0.15, 0.2) is 41.5 Å². The Morgan fingerprint density at radius 3 is 2.41 bits per heavy atom. The van der Waals surface area contributed by atoms with Crippen molar-refractivity contribution in [3.63, 3.8) is 0 Å². The Morgan fingerprint density at radius 2 is 1.77 bits per heavy atom. The van der Waals surface area contributed by atoms with Crippen molar-refractivity contribution >= 4 is 11.6 Å². The molecule has 0 radical (unpaired) electrons. The summed E-state index contributed by atoms with van der Waals surface area (Å²) >= 11 is 0. The third kappa shape index (κ3) is 3.20. The smallest absolute Gasteiger partial charge is 0.175 e. The molecular weight excluding hydrogens is 276 g/mol. The standard InChI is InChI=1S/C19H24O3/c1-4-5-11-16-14(2)17(20)19(3,18(16)21)13-22-12-15-9-7-6-8-10-15/h6-10H,4-5,11-13H2,1-3H3/t19-/m0/s1. The highest BCUT2D eigenvalue weighted by Crippen LogP contribution is 2.37. The zero-order valence-electron chi connectivity index (χ0n) is 13.6. The minimum absolute atomic E-state index is 0.0449. The number of carbonyl (C=O) groups excluding carboxylic acids is 2. The summed E-state index contributed by atoms with van der Waals surface area (Å²) in [6.45, 7) is 6.13.